The fourth-order valence-electron chi connectivity index (χ4n) is 4.22. The highest BCUT2D eigenvalue weighted by molar-refractivity contribution is 6.30. The molecule has 1 fully saturated rings. The van der Waals surface area contributed by atoms with Gasteiger partial charge in [0.2, 0.25) is 0 Å². The van der Waals surface area contributed by atoms with Crippen LogP contribution in [-0.2, 0) is 6.54 Å². The van der Waals surface area contributed by atoms with Gasteiger partial charge in [0.05, 0.1) is 13.2 Å². The lowest BCUT2D eigenvalue weighted by atomic mass is 9.99. The topological polar surface area (TPSA) is 15.7 Å². The molecule has 0 aliphatic carbocycles. The van der Waals surface area contributed by atoms with E-state index in [1.165, 1.54) is 17.7 Å². The van der Waals surface area contributed by atoms with Gasteiger partial charge in [0, 0.05) is 36.9 Å². The highest BCUT2D eigenvalue weighted by Crippen LogP contribution is 2.35. The van der Waals surface area contributed by atoms with Crippen molar-refractivity contribution in [2.75, 3.05) is 31.6 Å². The molecule has 1 unspecified atom stereocenters. The van der Waals surface area contributed by atoms with E-state index >= 15 is 0 Å². The summed E-state index contributed by atoms with van der Waals surface area (Å²) >= 11 is 6.18. The van der Waals surface area contributed by atoms with Crippen LogP contribution in [-0.4, -0.2) is 31.6 Å². The Kier molecular flexibility index (Phi) is 6.44. The molecular formula is C25H25ClF2N2O. The monoisotopic (exact) mass is 442 g/mol. The van der Waals surface area contributed by atoms with Crippen LogP contribution in [0.25, 0.3) is 0 Å². The van der Waals surface area contributed by atoms with Crippen molar-refractivity contribution >= 4 is 17.3 Å². The average Bonchev–Trinajstić information content (AvgIpc) is 2.77. The van der Waals surface area contributed by atoms with Crippen molar-refractivity contribution in [1.29, 1.82) is 0 Å². The Morgan fingerprint density at radius 3 is 2.42 bits per heavy atom. The standard InChI is InChI=1S/C25H25ClF2N2O/c1-17-13-20(26)6-10-24(17)30-12-11-29(15-18-3-9-22(27)23(28)14-18)16-25(30)19-4-7-21(31-2)8-5-19/h3-10,13-14,25H,11-12,15-16H2,1-2H3. The molecule has 1 aliphatic rings. The first-order chi connectivity index (χ1) is 14.9. The number of halogens is 3. The molecule has 1 atom stereocenters. The summed E-state index contributed by atoms with van der Waals surface area (Å²) in [6.07, 6.45) is 0. The van der Waals surface area contributed by atoms with Gasteiger partial charge in [-0.3, -0.25) is 4.90 Å². The fraction of sp³-hybridized carbons (Fsp3) is 0.280. The molecule has 31 heavy (non-hydrogen) atoms. The molecule has 0 N–H and O–H groups in total. The van der Waals surface area contributed by atoms with Crippen LogP contribution < -0.4 is 9.64 Å². The number of ether oxygens (including phenoxy) is 1. The summed E-state index contributed by atoms with van der Waals surface area (Å²) in [5.74, 6) is -0.810. The van der Waals surface area contributed by atoms with Crippen LogP contribution in [0.2, 0.25) is 5.02 Å². The minimum absolute atomic E-state index is 0.102. The van der Waals surface area contributed by atoms with E-state index in [2.05, 4.69) is 34.9 Å². The molecule has 0 amide bonds. The first kappa shape index (κ1) is 21.6. The van der Waals surface area contributed by atoms with Gasteiger partial charge in [0.1, 0.15) is 5.75 Å². The Morgan fingerprint density at radius 2 is 1.74 bits per heavy atom. The van der Waals surface area contributed by atoms with Crippen LogP contribution in [0.4, 0.5) is 14.5 Å². The van der Waals surface area contributed by atoms with E-state index in [1.54, 1.807) is 13.2 Å². The summed E-state index contributed by atoms with van der Waals surface area (Å²) in [5.41, 5.74) is 4.21. The number of aryl methyl sites for hydroxylation is 1. The largest absolute Gasteiger partial charge is 0.497 e. The predicted octanol–water partition coefficient (Wildman–Crippen LogP) is 6.00. The highest BCUT2D eigenvalue weighted by atomic mass is 35.5. The predicted molar refractivity (Wildman–Crippen MR) is 121 cm³/mol. The molecular weight excluding hydrogens is 418 g/mol. The van der Waals surface area contributed by atoms with E-state index in [-0.39, 0.29) is 6.04 Å². The lowest BCUT2D eigenvalue weighted by Crippen LogP contribution is -2.48. The lowest BCUT2D eigenvalue weighted by molar-refractivity contribution is 0.215. The van der Waals surface area contributed by atoms with Crippen LogP contribution in [0.3, 0.4) is 0 Å². The maximum absolute atomic E-state index is 13.7. The van der Waals surface area contributed by atoms with Crippen molar-refractivity contribution in [3.05, 3.63) is 94.0 Å². The molecule has 1 aliphatic heterocycles. The Hall–Kier alpha value is -2.63. The number of hydrogen-bond donors (Lipinski definition) is 0. The van der Waals surface area contributed by atoms with Crippen molar-refractivity contribution in [1.82, 2.24) is 4.90 Å². The number of methoxy groups -OCH3 is 1. The molecule has 0 aromatic heterocycles. The zero-order valence-corrected chi connectivity index (χ0v) is 18.4. The Bertz CT molecular complexity index is 1060. The Morgan fingerprint density at radius 1 is 0.968 bits per heavy atom. The number of anilines is 1. The van der Waals surface area contributed by atoms with Gasteiger partial charge >= 0.3 is 0 Å². The van der Waals surface area contributed by atoms with Gasteiger partial charge in [0.25, 0.3) is 0 Å². The molecule has 0 bridgehead atoms. The molecule has 6 heteroatoms. The second-order valence-electron chi connectivity index (χ2n) is 7.90. The summed E-state index contributed by atoms with van der Waals surface area (Å²) in [5, 5.41) is 0.721. The van der Waals surface area contributed by atoms with E-state index in [9.17, 15) is 8.78 Å². The van der Waals surface area contributed by atoms with Gasteiger partial charge in [-0.1, -0.05) is 29.8 Å². The van der Waals surface area contributed by atoms with Crippen molar-refractivity contribution in [2.24, 2.45) is 0 Å². The molecule has 4 rings (SSSR count). The third-order valence-corrected chi connectivity index (χ3v) is 6.06. The number of rotatable bonds is 5. The lowest BCUT2D eigenvalue weighted by Gasteiger charge is -2.43. The van der Waals surface area contributed by atoms with Crippen LogP contribution >= 0.6 is 11.6 Å². The van der Waals surface area contributed by atoms with Gasteiger partial charge in [-0.15, -0.1) is 0 Å². The zero-order chi connectivity index (χ0) is 22.0. The Labute approximate surface area is 186 Å². The second kappa shape index (κ2) is 9.25. The molecule has 3 nitrogen and oxygen atoms in total. The summed E-state index contributed by atoms with van der Waals surface area (Å²) < 4.78 is 32.3. The average molecular weight is 443 g/mol. The minimum atomic E-state index is -0.817. The summed E-state index contributed by atoms with van der Waals surface area (Å²) in [4.78, 5) is 4.68. The van der Waals surface area contributed by atoms with Gasteiger partial charge in [-0.25, -0.2) is 8.78 Å². The maximum atomic E-state index is 13.7. The van der Waals surface area contributed by atoms with Crippen LogP contribution in [0.5, 0.6) is 5.75 Å². The first-order valence-electron chi connectivity index (χ1n) is 10.3. The summed E-state index contributed by atoms with van der Waals surface area (Å²) in [7, 11) is 1.66. The number of hydrogen-bond acceptors (Lipinski definition) is 3. The molecule has 3 aromatic rings. The first-order valence-corrected chi connectivity index (χ1v) is 10.7. The van der Waals surface area contributed by atoms with Crippen molar-refractivity contribution in [3.63, 3.8) is 0 Å². The molecule has 1 heterocycles. The molecule has 0 saturated carbocycles. The quantitative estimate of drug-likeness (QED) is 0.482. The smallest absolute Gasteiger partial charge is 0.159 e. The van der Waals surface area contributed by atoms with Crippen LogP contribution in [0.15, 0.2) is 60.7 Å². The van der Waals surface area contributed by atoms with E-state index in [4.69, 9.17) is 16.3 Å². The SMILES string of the molecule is COc1ccc(C2CN(Cc3ccc(F)c(F)c3)CCN2c2ccc(Cl)cc2C)cc1. The molecule has 1 saturated heterocycles. The van der Waals surface area contributed by atoms with E-state index in [0.717, 1.165) is 47.2 Å². The molecule has 162 valence electrons. The summed E-state index contributed by atoms with van der Waals surface area (Å²) in [6, 6.07) is 18.3. The van der Waals surface area contributed by atoms with Crippen molar-refractivity contribution in [2.45, 2.75) is 19.5 Å². The third kappa shape index (κ3) is 4.83. The second-order valence-corrected chi connectivity index (χ2v) is 8.33. The normalized spacial score (nSPS) is 17.1. The zero-order valence-electron chi connectivity index (χ0n) is 17.6. The van der Waals surface area contributed by atoms with Crippen LogP contribution in [0.1, 0.15) is 22.7 Å². The van der Waals surface area contributed by atoms with Gasteiger partial charge in [0.15, 0.2) is 11.6 Å². The van der Waals surface area contributed by atoms with E-state index in [1.807, 2.05) is 24.3 Å². The highest BCUT2D eigenvalue weighted by Gasteiger charge is 2.29. The van der Waals surface area contributed by atoms with Crippen molar-refractivity contribution < 1.29 is 13.5 Å². The number of nitrogens with zero attached hydrogens (tertiary/aromatic N) is 2. The van der Waals surface area contributed by atoms with Crippen molar-refractivity contribution in [3.8, 4) is 5.75 Å². The Balaban J connectivity index is 1.62. The summed E-state index contributed by atoms with van der Waals surface area (Å²) in [6.45, 7) is 5.02. The molecule has 0 spiro atoms. The van der Waals surface area contributed by atoms with Gasteiger partial charge in [-0.2, -0.15) is 0 Å². The minimum Gasteiger partial charge on any atom is -0.497 e. The van der Waals surface area contributed by atoms with Gasteiger partial charge in [-0.05, 0) is 66.1 Å². The van der Waals surface area contributed by atoms with Crippen LogP contribution in [0, 0.1) is 18.6 Å². The molecule has 3 aromatic carbocycles. The fourth-order valence-corrected chi connectivity index (χ4v) is 4.45. The third-order valence-electron chi connectivity index (χ3n) is 5.82. The van der Waals surface area contributed by atoms with E-state index in [0.29, 0.717) is 6.54 Å². The van der Waals surface area contributed by atoms with E-state index < -0.39 is 11.6 Å². The van der Waals surface area contributed by atoms with Gasteiger partial charge < -0.3 is 9.64 Å². The maximum Gasteiger partial charge on any atom is 0.159 e. The number of benzene rings is 3. The number of piperazine rings is 1. The molecule has 0 radical (unpaired) electrons.